The molecule has 0 aliphatic carbocycles. The smallest absolute Gasteiger partial charge is 0.244 e. The van der Waals surface area contributed by atoms with Crippen LogP contribution in [0.15, 0.2) is 21.7 Å². The molecule has 2 heterocycles. The molecule has 0 N–H and O–H groups in total. The Bertz CT molecular complexity index is 864. The Morgan fingerprint density at radius 1 is 1.35 bits per heavy atom. The molecular weight excluding hydrogens is 344 g/mol. The highest BCUT2D eigenvalue weighted by Crippen LogP contribution is 2.34. The first-order valence-electron chi connectivity index (χ1n) is 6.98. The van der Waals surface area contributed by atoms with E-state index in [1.165, 1.54) is 20.2 Å². The monoisotopic (exact) mass is 358 g/mol. The van der Waals surface area contributed by atoms with E-state index in [2.05, 4.69) is 10.3 Å². The van der Waals surface area contributed by atoms with Gasteiger partial charge in [0, 0.05) is 20.6 Å². The van der Waals surface area contributed by atoms with Gasteiger partial charge in [-0.05, 0) is 46.9 Å². The van der Waals surface area contributed by atoms with Gasteiger partial charge in [-0.3, -0.25) is 4.79 Å². The Morgan fingerprint density at radius 3 is 2.70 bits per heavy atom. The number of rotatable bonds is 4. The zero-order valence-electron chi connectivity index (χ0n) is 12.6. The summed E-state index contributed by atoms with van der Waals surface area (Å²) in [5.41, 5.74) is 1.04. The molecular formula is C13H15ClN4O4S. The molecule has 3 rings (SSSR count). The SMILES string of the molecule is CN(C)S(=O)(=O)c1ccc(N2CCC[C@@H]2C(=O)Cl)c2nonc12. The second kappa shape index (κ2) is 5.73. The second-order valence-electron chi connectivity index (χ2n) is 5.49. The molecule has 0 unspecified atom stereocenters. The van der Waals surface area contributed by atoms with Gasteiger partial charge in [0.2, 0.25) is 15.3 Å². The third-order valence-corrected chi connectivity index (χ3v) is 6.04. The fourth-order valence-electron chi connectivity index (χ4n) is 2.76. The van der Waals surface area contributed by atoms with Crippen molar-refractivity contribution in [3.8, 4) is 0 Å². The Kier molecular flexibility index (Phi) is 4.03. The normalized spacial score (nSPS) is 19.0. The highest BCUT2D eigenvalue weighted by atomic mass is 35.5. The van der Waals surface area contributed by atoms with Gasteiger partial charge in [-0.1, -0.05) is 0 Å². The first-order valence-corrected chi connectivity index (χ1v) is 8.79. The molecule has 0 spiro atoms. The third-order valence-electron chi connectivity index (χ3n) is 3.94. The van der Waals surface area contributed by atoms with Crippen molar-refractivity contribution in [3.05, 3.63) is 12.1 Å². The van der Waals surface area contributed by atoms with E-state index >= 15 is 0 Å². The summed E-state index contributed by atoms with van der Waals surface area (Å²) in [5, 5.41) is 7.11. The molecule has 0 radical (unpaired) electrons. The van der Waals surface area contributed by atoms with E-state index in [1.807, 2.05) is 4.90 Å². The Balaban J connectivity index is 2.16. The maximum absolute atomic E-state index is 12.4. The number of hydrogen-bond donors (Lipinski definition) is 0. The minimum absolute atomic E-state index is 0.00967. The first kappa shape index (κ1) is 16.2. The summed E-state index contributed by atoms with van der Waals surface area (Å²) in [6, 6.07) is 2.61. The molecule has 1 fully saturated rings. The van der Waals surface area contributed by atoms with Crippen LogP contribution in [-0.2, 0) is 14.8 Å². The van der Waals surface area contributed by atoms with Crippen LogP contribution in [0.4, 0.5) is 5.69 Å². The first-order chi connectivity index (χ1) is 10.8. The molecule has 1 aromatic heterocycles. The quantitative estimate of drug-likeness (QED) is 0.757. The molecule has 2 aromatic rings. The highest BCUT2D eigenvalue weighted by Gasteiger charge is 2.33. The summed E-state index contributed by atoms with van der Waals surface area (Å²) < 4.78 is 30.6. The van der Waals surface area contributed by atoms with Crippen molar-refractivity contribution >= 4 is 43.6 Å². The number of anilines is 1. The predicted molar refractivity (Wildman–Crippen MR) is 83.9 cm³/mol. The van der Waals surface area contributed by atoms with E-state index < -0.39 is 21.3 Å². The summed E-state index contributed by atoms with van der Waals surface area (Å²) in [5.74, 6) is 0. The molecule has 23 heavy (non-hydrogen) atoms. The minimum Gasteiger partial charge on any atom is -0.358 e. The van der Waals surface area contributed by atoms with Crippen LogP contribution in [0.25, 0.3) is 11.0 Å². The van der Waals surface area contributed by atoms with E-state index in [-0.39, 0.29) is 10.4 Å². The summed E-state index contributed by atoms with van der Waals surface area (Å²) in [6.07, 6.45) is 1.46. The Morgan fingerprint density at radius 2 is 2.04 bits per heavy atom. The van der Waals surface area contributed by atoms with Crippen molar-refractivity contribution in [3.63, 3.8) is 0 Å². The van der Waals surface area contributed by atoms with Crippen LogP contribution < -0.4 is 4.90 Å². The average molecular weight is 359 g/mol. The number of nitrogens with zero attached hydrogens (tertiary/aromatic N) is 4. The number of benzene rings is 1. The number of sulfonamides is 1. The lowest BCUT2D eigenvalue weighted by atomic mass is 10.2. The predicted octanol–water partition coefficient (Wildman–Crippen LogP) is 1.21. The minimum atomic E-state index is -3.68. The van der Waals surface area contributed by atoms with Gasteiger partial charge in [0.05, 0.1) is 5.69 Å². The molecule has 1 saturated heterocycles. The zero-order valence-corrected chi connectivity index (χ0v) is 14.1. The number of hydrogen-bond acceptors (Lipinski definition) is 7. The fraction of sp³-hybridized carbons (Fsp3) is 0.462. The number of halogens is 1. The van der Waals surface area contributed by atoms with E-state index in [4.69, 9.17) is 16.2 Å². The lowest BCUT2D eigenvalue weighted by Crippen LogP contribution is -2.34. The van der Waals surface area contributed by atoms with Crippen molar-refractivity contribution in [2.24, 2.45) is 0 Å². The van der Waals surface area contributed by atoms with Gasteiger partial charge < -0.3 is 4.90 Å². The molecule has 10 heteroatoms. The van der Waals surface area contributed by atoms with Gasteiger partial charge in [0.15, 0.2) is 11.0 Å². The van der Waals surface area contributed by atoms with Crippen LogP contribution in [0, 0.1) is 0 Å². The van der Waals surface area contributed by atoms with Crippen molar-refractivity contribution in [1.82, 2.24) is 14.6 Å². The third kappa shape index (κ3) is 2.58. The lowest BCUT2D eigenvalue weighted by molar-refractivity contribution is -0.112. The van der Waals surface area contributed by atoms with Crippen molar-refractivity contribution in [2.45, 2.75) is 23.8 Å². The maximum Gasteiger partial charge on any atom is 0.244 e. The van der Waals surface area contributed by atoms with Crippen LogP contribution in [0.2, 0.25) is 0 Å². The number of fused-ring (bicyclic) bond motifs is 1. The van der Waals surface area contributed by atoms with Gasteiger partial charge in [-0.2, -0.15) is 0 Å². The molecule has 8 nitrogen and oxygen atoms in total. The van der Waals surface area contributed by atoms with Crippen LogP contribution in [0.1, 0.15) is 12.8 Å². The van der Waals surface area contributed by atoms with Gasteiger partial charge >= 0.3 is 0 Å². The van der Waals surface area contributed by atoms with E-state index in [0.29, 0.717) is 24.2 Å². The molecule has 0 saturated carbocycles. The van der Waals surface area contributed by atoms with Crippen molar-refractivity contribution in [1.29, 1.82) is 0 Å². The van der Waals surface area contributed by atoms with Crippen molar-refractivity contribution < 1.29 is 17.8 Å². The number of aromatic nitrogens is 2. The Hall–Kier alpha value is -1.71. The molecule has 1 atom stereocenters. The van der Waals surface area contributed by atoms with Crippen LogP contribution in [0.3, 0.4) is 0 Å². The van der Waals surface area contributed by atoms with E-state index in [9.17, 15) is 13.2 Å². The summed E-state index contributed by atoms with van der Waals surface area (Å²) in [6.45, 7) is 0.630. The van der Waals surface area contributed by atoms with Crippen LogP contribution in [0.5, 0.6) is 0 Å². The molecule has 1 aromatic carbocycles. The topological polar surface area (TPSA) is 96.6 Å². The largest absolute Gasteiger partial charge is 0.358 e. The van der Waals surface area contributed by atoms with Gasteiger partial charge in [-0.25, -0.2) is 17.4 Å². The molecule has 1 aliphatic rings. The van der Waals surface area contributed by atoms with Gasteiger partial charge in [0.1, 0.15) is 10.9 Å². The lowest BCUT2D eigenvalue weighted by Gasteiger charge is -2.24. The molecule has 1 aliphatic heterocycles. The standard InChI is InChI=1S/C13H15ClN4O4S/c1-17(2)23(20,21)10-6-5-8(11-12(10)16-22-15-11)18-7-3-4-9(18)13(14)19/h5-6,9H,3-4,7H2,1-2H3/t9-/m1/s1. The summed E-state index contributed by atoms with van der Waals surface area (Å²) in [7, 11) is -0.813. The fourth-order valence-corrected chi connectivity index (χ4v) is 4.00. The number of carbonyl (C=O) groups is 1. The summed E-state index contributed by atoms with van der Waals surface area (Å²) >= 11 is 5.66. The molecule has 0 amide bonds. The molecule has 0 bridgehead atoms. The second-order valence-corrected chi connectivity index (χ2v) is 7.98. The Labute approximate surface area is 138 Å². The van der Waals surface area contributed by atoms with Crippen LogP contribution in [-0.4, -0.2) is 55.0 Å². The van der Waals surface area contributed by atoms with Crippen molar-refractivity contribution in [2.75, 3.05) is 25.5 Å². The van der Waals surface area contributed by atoms with E-state index in [1.54, 1.807) is 6.07 Å². The van der Waals surface area contributed by atoms with Gasteiger partial charge in [-0.15, -0.1) is 0 Å². The van der Waals surface area contributed by atoms with Gasteiger partial charge in [0.25, 0.3) is 0 Å². The number of carbonyl (C=O) groups excluding carboxylic acids is 1. The molecule has 124 valence electrons. The summed E-state index contributed by atoms with van der Waals surface area (Å²) in [4.78, 5) is 13.4. The van der Waals surface area contributed by atoms with Crippen LogP contribution >= 0.6 is 11.6 Å². The van der Waals surface area contributed by atoms with E-state index in [0.717, 1.165) is 10.7 Å². The highest BCUT2D eigenvalue weighted by molar-refractivity contribution is 7.89. The zero-order chi connectivity index (χ0) is 16.8. The maximum atomic E-state index is 12.4. The average Bonchev–Trinajstić information content (AvgIpc) is 3.14.